The molecule has 0 saturated heterocycles. The van der Waals surface area contributed by atoms with E-state index in [2.05, 4.69) is 6.92 Å². The lowest BCUT2D eigenvalue weighted by Crippen LogP contribution is -2.41. The Morgan fingerprint density at radius 1 is 1.36 bits per heavy atom. The van der Waals surface area contributed by atoms with Crippen molar-refractivity contribution in [1.29, 1.82) is 5.41 Å². The summed E-state index contributed by atoms with van der Waals surface area (Å²) in [5.41, 5.74) is 0.416. The van der Waals surface area contributed by atoms with Gasteiger partial charge in [-0.1, -0.05) is 6.92 Å². The van der Waals surface area contributed by atoms with E-state index in [4.69, 9.17) is 5.41 Å². The molecule has 0 aromatic heterocycles. The van der Waals surface area contributed by atoms with E-state index in [1.165, 1.54) is 12.8 Å². The number of hydrogen-bond donors (Lipinski definition) is 2. The third-order valence-corrected chi connectivity index (χ3v) is 4.44. The standard InChI is InChI=1S/C12H21NO/c1-12-5-4-11(14)6-10(12)3-2-9(7-12)8-13/h8-11,13-14H,2-7H2,1H3. The maximum Gasteiger partial charge on any atom is 0.0543 e. The minimum atomic E-state index is -0.0513. The molecule has 0 aromatic carbocycles. The number of aliphatic hydroxyl groups is 1. The average molecular weight is 195 g/mol. The van der Waals surface area contributed by atoms with Crippen LogP contribution in [0.4, 0.5) is 0 Å². The summed E-state index contributed by atoms with van der Waals surface area (Å²) in [6, 6.07) is 0. The second-order valence-electron chi connectivity index (χ2n) is 5.49. The van der Waals surface area contributed by atoms with Gasteiger partial charge in [0.2, 0.25) is 0 Å². The molecule has 0 bridgehead atoms. The SMILES string of the molecule is CC12CCC(O)CC1CCC(C=N)C2. The van der Waals surface area contributed by atoms with Crippen LogP contribution < -0.4 is 0 Å². The molecular weight excluding hydrogens is 174 g/mol. The fraction of sp³-hybridized carbons (Fsp3) is 0.917. The summed E-state index contributed by atoms with van der Waals surface area (Å²) in [4.78, 5) is 0. The highest BCUT2D eigenvalue weighted by Crippen LogP contribution is 2.51. The molecule has 2 aliphatic rings. The summed E-state index contributed by atoms with van der Waals surface area (Å²) in [5, 5.41) is 17.0. The Hall–Kier alpha value is -0.370. The Balaban J connectivity index is 2.07. The molecule has 4 unspecified atom stereocenters. The van der Waals surface area contributed by atoms with Crippen LogP contribution in [0, 0.1) is 22.7 Å². The van der Waals surface area contributed by atoms with Crippen molar-refractivity contribution in [2.75, 3.05) is 0 Å². The lowest BCUT2D eigenvalue weighted by molar-refractivity contribution is -0.0148. The molecule has 0 spiro atoms. The Bertz CT molecular complexity index is 228. The van der Waals surface area contributed by atoms with E-state index >= 15 is 0 Å². The van der Waals surface area contributed by atoms with E-state index < -0.39 is 0 Å². The van der Waals surface area contributed by atoms with Gasteiger partial charge in [0.25, 0.3) is 0 Å². The minimum Gasteiger partial charge on any atom is -0.393 e. The number of aliphatic hydroxyl groups excluding tert-OH is 1. The summed E-state index contributed by atoms with van der Waals surface area (Å²) in [5.74, 6) is 1.22. The lowest BCUT2D eigenvalue weighted by atomic mass is 9.58. The van der Waals surface area contributed by atoms with Crippen molar-refractivity contribution in [3.05, 3.63) is 0 Å². The van der Waals surface area contributed by atoms with Gasteiger partial charge in [0.1, 0.15) is 0 Å². The molecule has 80 valence electrons. The van der Waals surface area contributed by atoms with Gasteiger partial charge >= 0.3 is 0 Å². The van der Waals surface area contributed by atoms with E-state index in [-0.39, 0.29) is 6.10 Å². The summed E-state index contributed by atoms with van der Waals surface area (Å²) < 4.78 is 0. The van der Waals surface area contributed by atoms with Gasteiger partial charge in [0.05, 0.1) is 6.10 Å². The van der Waals surface area contributed by atoms with Crippen molar-refractivity contribution < 1.29 is 5.11 Å². The Morgan fingerprint density at radius 2 is 2.14 bits per heavy atom. The molecular formula is C12H21NO. The molecule has 0 aliphatic heterocycles. The van der Waals surface area contributed by atoms with Gasteiger partial charge in [-0.05, 0) is 62.0 Å². The van der Waals surface area contributed by atoms with Crippen LogP contribution in [0.2, 0.25) is 0 Å². The molecule has 4 atom stereocenters. The number of hydrogen-bond acceptors (Lipinski definition) is 2. The van der Waals surface area contributed by atoms with Crippen LogP contribution in [-0.4, -0.2) is 17.4 Å². The largest absolute Gasteiger partial charge is 0.393 e. The van der Waals surface area contributed by atoms with Gasteiger partial charge in [0, 0.05) is 0 Å². The molecule has 2 N–H and O–H groups in total. The van der Waals surface area contributed by atoms with Crippen LogP contribution in [0.5, 0.6) is 0 Å². The molecule has 2 aliphatic carbocycles. The fourth-order valence-electron chi connectivity index (χ4n) is 3.42. The number of fused-ring (bicyclic) bond motifs is 1. The van der Waals surface area contributed by atoms with Crippen molar-refractivity contribution in [3.8, 4) is 0 Å². The van der Waals surface area contributed by atoms with E-state index in [0.29, 0.717) is 17.3 Å². The van der Waals surface area contributed by atoms with Gasteiger partial charge in [-0.25, -0.2) is 0 Å². The highest BCUT2D eigenvalue weighted by molar-refractivity contribution is 5.57. The highest BCUT2D eigenvalue weighted by atomic mass is 16.3. The zero-order valence-corrected chi connectivity index (χ0v) is 9.00. The number of nitrogens with one attached hydrogen (secondary N) is 1. The molecule has 14 heavy (non-hydrogen) atoms. The van der Waals surface area contributed by atoms with Crippen LogP contribution in [0.25, 0.3) is 0 Å². The second-order valence-corrected chi connectivity index (χ2v) is 5.49. The Labute approximate surface area is 86.2 Å². The molecule has 2 heteroatoms. The number of rotatable bonds is 1. The van der Waals surface area contributed by atoms with E-state index in [1.807, 2.05) is 0 Å². The molecule has 2 fully saturated rings. The van der Waals surface area contributed by atoms with Gasteiger partial charge in [-0.2, -0.15) is 0 Å². The molecule has 0 amide bonds. The quantitative estimate of drug-likeness (QED) is 0.621. The van der Waals surface area contributed by atoms with E-state index in [0.717, 1.165) is 25.7 Å². The summed E-state index contributed by atoms with van der Waals surface area (Å²) in [6.45, 7) is 2.36. The first-order valence-electron chi connectivity index (χ1n) is 5.83. The smallest absolute Gasteiger partial charge is 0.0543 e. The monoisotopic (exact) mass is 195 g/mol. The molecule has 0 heterocycles. The van der Waals surface area contributed by atoms with Crippen LogP contribution in [0.15, 0.2) is 0 Å². The summed E-state index contributed by atoms with van der Waals surface area (Å²) in [7, 11) is 0. The summed E-state index contributed by atoms with van der Waals surface area (Å²) >= 11 is 0. The Kier molecular flexibility index (Phi) is 2.65. The van der Waals surface area contributed by atoms with Gasteiger partial charge < -0.3 is 10.5 Å². The summed E-state index contributed by atoms with van der Waals surface area (Å²) in [6.07, 6.45) is 8.26. The van der Waals surface area contributed by atoms with Crippen LogP contribution in [0.3, 0.4) is 0 Å². The zero-order chi connectivity index (χ0) is 10.2. The topological polar surface area (TPSA) is 44.1 Å². The van der Waals surface area contributed by atoms with Crippen molar-refractivity contribution in [1.82, 2.24) is 0 Å². The lowest BCUT2D eigenvalue weighted by Gasteiger charge is -2.48. The fourth-order valence-corrected chi connectivity index (χ4v) is 3.42. The molecule has 2 saturated carbocycles. The third-order valence-electron chi connectivity index (χ3n) is 4.44. The highest BCUT2D eigenvalue weighted by Gasteiger charge is 2.43. The van der Waals surface area contributed by atoms with Crippen molar-refractivity contribution >= 4 is 6.21 Å². The normalized spacial score (nSPS) is 48.3. The van der Waals surface area contributed by atoms with Crippen molar-refractivity contribution in [2.45, 2.75) is 51.6 Å². The molecule has 2 nitrogen and oxygen atoms in total. The van der Waals surface area contributed by atoms with Crippen LogP contribution >= 0.6 is 0 Å². The zero-order valence-electron chi connectivity index (χ0n) is 9.00. The molecule has 0 radical (unpaired) electrons. The van der Waals surface area contributed by atoms with Gasteiger partial charge in [0.15, 0.2) is 0 Å². The predicted octanol–water partition coefficient (Wildman–Crippen LogP) is 2.60. The van der Waals surface area contributed by atoms with Crippen LogP contribution in [0.1, 0.15) is 45.4 Å². The average Bonchev–Trinajstić information content (AvgIpc) is 2.18. The predicted molar refractivity (Wildman–Crippen MR) is 57.6 cm³/mol. The minimum absolute atomic E-state index is 0.0513. The van der Waals surface area contributed by atoms with E-state index in [9.17, 15) is 5.11 Å². The van der Waals surface area contributed by atoms with Crippen molar-refractivity contribution in [3.63, 3.8) is 0 Å². The molecule has 2 rings (SSSR count). The van der Waals surface area contributed by atoms with E-state index in [1.54, 1.807) is 6.21 Å². The van der Waals surface area contributed by atoms with Crippen LogP contribution in [-0.2, 0) is 0 Å². The van der Waals surface area contributed by atoms with Crippen molar-refractivity contribution in [2.24, 2.45) is 17.3 Å². The third kappa shape index (κ3) is 1.72. The Morgan fingerprint density at radius 3 is 2.86 bits per heavy atom. The second kappa shape index (κ2) is 3.65. The first-order chi connectivity index (χ1) is 6.64. The van der Waals surface area contributed by atoms with Gasteiger partial charge in [-0.15, -0.1) is 0 Å². The first kappa shape index (κ1) is 10.2. The maximum atomic E-state index is 9.64. The van der Waals surface area contributed by atoms with Gasteiger partial charge in [-0.3, -0.25) is 0 Å². The first-order valence-corrected chi connectivity index (χ1v) is 5.83. The maximum absolute atomic E-state index is 9.64. The molecule has 0 aromatic rings.